The molecular formula is C12H15FN4. The molecule has 17 heavy (non-hydrogen) atoms. The first kappa shape index (κ1) is 11.7. The SMILES string of the molecule is Cc1ccc(F)c(CNC(C)c2ncn[nH]2)c1. The predicted molar refractivity (Wildman–Crippen MR) is 62.8 cm³/mol. The molecule has 5 heteroatoms. The van der Waals surface area contributed by atoms with E-state index in [-0.39, 0.29) is 11.9 Å². The highest BCUT2D eigenvalue weighted by Gasteiger charge is 2.09. The zero-order chi connectivity index (χ0) is 12.3. The summed E-state index contributed by atoms with van der Waals surface area (Å²) < 4.78 is 13.5. The Bertz CT molecular complexity index is 481. The fourth-order valence-electron chi connectivity index (χ4n) is 1.62. The maximum absolute atomic E-state index is 13.5. The molecule has 0 radical (unpaired) electrons. The molecule has 2 aromatic rings. The van der Waals surface area contributed by atoms with Crippen LogP contribution in [0.15, 0.2) is 24.5 Å². The minimum absolute atomic E-state index is 0.0115. The Hall–Kier alpha value is -1.75. The number of aryl methyl sites for hydroxylation is 1. The van der Waals surface area contributed by atoms with E-state index in [1.165, 1.54) is 12.4 Å². The maximum Gasteiger partial charge on any atom is 0.141 e. The predicted octanol–water partition coefficient (Wildman–Crippen LogP) is 2.10. The molecular weight excluding hydrogens is 219 g/mol. The highest BCUT2D eigenvalue weighted by molar-refractivity contribution is 5.24. The van der Waals surface area contributed by atoms with E-state index in [4.69, 9.17) is 0 Å². The number of benzene rings is 1. The molecule has 1 unspecified atom stereocenters. The fourth-order valence-corrected chi connectivity index (χ4v) is 1.62. The van der Waals surface area contributed by atoms with Gasteiger partial charge in [0.15, 0.2) is 0 Å². The lowest BCUT2D eigenvalue weighted by Gasteiger charge is -2.11. The van der Waals surface area contributed by atoms with Gasteiger partial charge in [-0.3, -0.25) is 5.10 Å². The van der Waals surface area contributed by atoms with Gasteiger partial charge in [-0.2, -0.15) is 5.10 Å². The highest BCUT2D eigenvalue weighted by atomic mass is 19.1. The first-order valence-corrected chi connectivity index (χ1v) is 5.50. The summed E-state index contributed by atoms with van der Waals surface area (Å²) >= 11 is 0. The molecule has 1 aromatic heterocycles. The third-order valence-corrected chi connectivity index (χ3v) is 2.64. The van der Waals surface area contributed by atoms with Gasteiger partial charge in [0.05, 0.1) is 6.04 Å². The number of hydrogen-bond acceptors (Lipinski definition) is 3. The zero-order valence-electron chi connectivity index (χ0n) is 9.87. The van der Waals surface area contributed by atoms with Gasteiger partial charge in [0.2, 0.25) is 0 Å². The Kier molecular flexibility index (Phi) is 3.49. The van der Waals surface area contributed by atoms with Crippen molar-refractivity contribution in [2.24, 2.45) is 0 Å². The summed E-state index contributed by atoms with van der Waals surface area (Å²) in [6.45, 7) is 4.37. The van der Waals surface area contributed by atoms with Gasteiger partial charge in [-0.25, -0.2) is 9.37 Å². The second-order valence-corrected chi connectivity index (χ2v) is 4.07. The van der Waals surface area contributed by atoms with Crippen LogP contribution in [-0.4, -0.2) is 15.2 Å². The average Bonchev–Trinajstić information content (AvgIpc) is 2.83. The quantitative estimate of drug-likeness (QED) is 0.851. The summed E-state index contributed by atoms with van der Waals surface area (Å²) in [6, 6.07) is 5.11. The Morgan fingerprint density at radius 2 is 2.29 bits per heavy atom. The van der Waals surface area contributed by atoms with Gasteiger partial charge >= 0.3 is 0 Å². The van der Waals surface area contributed by atoms with Gasteiger partial charge in [-0.05, 0) is 19.9 Å². The number of aromatic amines is 1. The van der Waals surface area contributed by atoms with Gasteiger partial charge in [0.25, 0.3) is 0 Å². The van der Waals surface area contributed by atoms with Crippen molar-refractivity contribution in [3.05, 3.63) is 47.3 Å². The maximum atomic E-state index is 13.5. The lowest BCUT2D eigenvalue weighted by atomic mass is 10.1. The van der Waals surface area contributed by atoms with Crippen LogP contribution in [0, 0.1) is 12.7 Å². The summed E-state index contributed by atoms with van der Waals surface area (Å²) in [5, 5.41) is 9.76. The first-order chi connectivity index (χ1) is 8.16. The molecule has 1 aromatic carbocycles. The van der Waals surface area contributed by atoms with E-state index in [2.05, 4.69) is 20.5 Å². The van der Waals surface area contributed by atoms with Gasteiger partial charge in [0.1, 0.15) is 18.0 Å². The van der Waals surface area contributed by atoms with Crippen molar-refractivity contribution in [2.45, 2.75) is 26.4 Å². The average molecular weight is 234 g/mol. The summed E-state index contributed by atoms with van der Waals surface area (Å²) in [5.74, 6) is 0.561. The van der Waals surface area contributed by atoms with Crippen LogP contribution in [0.4, 0.5) is 4.39 Å². The Morgan fingerprint density at radius 3 is 3.00 bits per heavy atom. The molecule has 0 saturated heterocycles. The molecule has 0 aliphatic heterocycles. The van der Waals surface area contributed by atoms with Gasteiger partial charge in [0, 0.05) is 12.1 Å². The van der Waals surface area contributed by atoms with E-state index in [0.29, 0.717) is 12.1 Å². The largest absolute Gasteiger partial charge is 0.303 e. The van der Waals surface area contributed by atoms with Crippen LogP contribution < -0.4 is 5.32 Å². The molecule has 4 nitrogen and oxygen atoms in total. The van der Waals surface area contributed by atoms with E-state index < -0.39 is 0 Å². The van der Waals surface area contributed by atoms with E-state index in [1.54, 1.807) is 6.07 Å². The smallest absolute Gasteiger partial charge is 0.141 e. The number of rotatable bonds is 4. The molecule has 2 N–H and O–H groups in total. The van der Waals surface area contributed by atoms with Crippen molar-refractivity contribution in [3.8, 4) is 0 Å². The van der Waals surface area contributed by atoms with Crippen LogP contribution >= 0.6 is 0 Å². The van der Waals surface area contributed by atoms with E-state index in [1.807, 2.05) is 19.9 Å². The molecule has 1 heterocycles. The van der Waals surface area contributed by atoms with E-state index in [9.17, 15) is 4.39 Å². The Labute approximate surface area is 99.3 Å². The standard InChI is InChI=1S/C12H15FN4/c1-8-3-4-11(13)10(5-8)6-14-9(2)12-15-7-16-17-12/h3-5,7,9,14H,6H2,1-2H3,(H,15,16,17). The molecule has 0 aliphatic rings. The number of nitrogens with one attached hydrogen (secondary N) is 2. The van der Waals surface area contributed by atoms with Gasteiger partial charge in [-0.1, -0.05) is 17.7 Å². The van der Waals surface area contributed by atoms with Crippen LogP contribution in [0.25, 0.3) is 0 Å². The van der Waals surface area contributed by atoms with Crippen LogP contribution in [-0.2, 0) is 6.54 Å². The lowest BCUT2D eigenvalue weighted by Crippen LogP contribution is -2.20. The topological polar surface area (TPSA) is 53.6 Å². The highest BCUT2D eigenvalue weighted by Crippen LogP contribution is 2.12. The lowest BCUT2D eigenvalue weighted by molar-refractivity contribution is 0.526. The second kappa shape index (κ2) is 5.05. The Morgan fingerprint density at radius 1 is 1.47 bits per heavy atom. The van der Waals surface area contributed by atoms with Crippen LogP contribution in [0.3, 0.4) is 0 Å². The number of halogens is 1. The minimum atomic E-state index is -0.187. The van der Waals surface area contributed by atoms with Crippen LogP contribution in [0.5, 0.6) is 0 Å². The summed E-state index contributed by atoms with van der Waals surface area (Å²) in [5.41, 5.74) is 1.71. The van der Waals surface area contributed by atoms with Crippen molar-refractivity contribution >= 4 is 0 Å². The fraction of sp³-hybridized carbons (Fsp3) is 0.333. The molecule has 0 saturated carbocycles. The molecule has 0 bridgehead atoms. The molecule has 0 fully saturated rings. The van der Waals surface area contributed by atoms with Gasteiger partial charge in [-0.15, -0.1) is 0 Å². The van der Waals surface area contributed by atoms with Crippen molar-refractivity contribution in [1.82, 2.24) is 20.5 Å². The molecule has 2 rings (SSSR count). The summed E-state index contributed by atoms with van der Waals surface area (Å²) in [6.07, 6.45) is 1.46. The van der Waals surface area contributed by atoms with Crippen LogP contribution in [0.1, 0.15) is 29.9 Å². The number of hydrogen-bond donors (Lipinski definition) is 2. The Balaban J connectivity index is 2.00. The number of nitrogens with zero attached hydrogens (tertiary/aromatic N) is 2. The van der Waals surface area contributed by atoms with Crippen LogP contribution in [0.2, 0.25) is 0 Å². The van der Waals surface area contributed by atoms with E-state index >= 15 is 0 Å². The molecule has 0 spiro atoms. The third-order valence-electron chi connectivity index (χ3n) is 2.64. The number of aromatic nitrogens is 3. The summed E-state index contributed by atoms with van der Waals surface area (Å²) in [4.78, 5) is 4.05. The summed E-state index contributed by atoms with van der Waals surface area (Å²) in [7, 11) is 0. The zero-order valence-corrected chi connectivity index (χ0v) is 9.87. The number of H-pyrrole nitrogens is 1. The molecule has 1 atom stereocenters. The normalized spacial score (nSPS) is 12.6. The van der Waals surface area contributed by atoms with Gasteiger partial charge < -0.3 is 5.32 Å². The van der Waals surface area contributed by atoms with Crippen molar-refractivity contribution in [3.63, 3.8) is 0 Å². The monoisotopic (exact) mass is 234 g/mol. The van der Waals surface area contributed by atoms with Crippen molar-refractivity contribution < 1.29 is 4.39 Å². The molecule has 0 aliphatic carbocycles. The second-order valence-electron chi connectivity index (χ2n) is 4.07. The first-order valence-electron chi connectivity index (χ1n) is 5.50. The molecule has 90 valence electrons. The minimum Gasteiger partial charge on any atom is -0.303 e. The van der Waals surface area contributed by atoms with E-state index in [0.717, 1.165) is 11.4 Å². The van der Waals surface area contributed by atoms with Crippen molar-refractivity contribution in [1.29, 1.82) is 0 Å². The molecule has 0 amide bonds. The van der Waals surface area contributed by atoms with Crippen molar-refractivity contribution in [2.75, 3.05) is 0 Å². The third kappa shape index (κ3) is 2.88.